The summed E-state index contributed by atoms with van der Waals surface area (Å²) in [5.74, 6) is -2.06. The van der Waals surface area contributed by atoms with Crippen LogP contribution in [0.25, 0.3) is 16.7 Å². The number of esters is 1. The number of sulfonamides is 1. The molecule has 2 aromatic carbocycles. The van der Waals surface area contributed by atoms with E-state index in [4.69, 9.17) is 14.3 Å². The van der Waals surface area contributed by atoms with Gasteiger partial charge in [-0.25, -0.2) is 22.7 Å². The number of furan rings is 1. The summed E-state index contributed by atoms with van der Waals surface area (Å²) in [4.78, 5) is 25.3. The number of halogens is 1. The molecule has 4 rings (SSSR count). The highest BCUT2D eigenvalue weighted by molar-refractivity contribution is 7.89. The maximum Gasteiger partial charge on any atom is 0.375 e. The summed E-state index contributed by atoms with van der Waals surface area (Å²) in [5, 5.41) is 5.60. The number of ketones is 1. The third kappa shape index (κ3) is 4.13. The summed E-state index contributed by atoms with van der Waals surface area (Å²) >= 11 is 0. The zero-order valence-electron chi connectivity index (χ0n) is 18.6. The van der Waals surface area contributed by atoms with E-state index in [-0.39, 0.29) is 16.2 Å². The van der Waals surface area contributed by atoms with Gasteiger partial charge in [-0.2, -0.15) is 0 Å². The molecule has 34 heavy (non-hydrogen) atoms. The lowest BCUT2D eigenvalue weighted by molar-refractivity contribution is 0.0445. The maximum atomic E-state index is 13.9. The van der Waals surface area contributed by atoms with Crippen LogP contribution in [-0.4, -0.2) is 31.3 Å². The van der Waals surface area contributed by atoms with E-state index >= 15 is 0 Å². The van der Waals surface area contributed by atoms with Crippen LogP contribution in [0.1, 0.15) is 37.9 Å². The van der Waals surface area contributed by atoms with Gasteiger partial charge < -0.3 is 13.7 Å². The number of aromatic nitrogens is 1. The topological polar surface area (TPSA) is 122 Å². The maximum absolute atomic E-state index is 13.9. The molecular weight excluding hydrogens is 463 g/mol. The second-order valence-corrected chi connectivity index (χ2v) is 9.39. The van der Waals surface area contributed by atoms with Crippen LogP contribution in [0, 0.1) is 26.6 Å². The number of Topliss-reactive ketones (excluding diaryl/α,β-unsaturated/α-hetero) is 1. The average molecular weight is 485 g/mol. The van der Waals surface area contributed by atoms with Gasteiger partial charge in [0.1, 0.15) is 0 Å². The molecule has 0 fully saturated rings. The fourth-order valence-electron chi connectivity index (χ4n) is 3.91. The van der Waals surface area contributed by atoms with Gasteiger partial charge in [0.15, 0.2) is 18.0 Å². The first-order valence-electron chi connectivity index (χ1n) is 10.2. The van der Waals surface area contributed by atoms with Gasteiger partial charge in [0.05, 0.1) is 4.90 Å². The number of carbonyl (C=O) groups excluding carboxylic acids is 2. The summed E-state index contributed by atoms with van der Waals surface area (Å²) in [6.45, 7) is 4.59. The SMILES string of the molecule is Cc1c(C(=O)OCC(=O)c2cc(C)n(-c3ccc(S(N)(=O)=O)cc3)c2C)oc2c(F)cccc12. The third-order valence-corrected chi connectivity index (χ3v) is 6.52. The van der Waals surface area contributed by atoms with Crippen molar-refractivity contribution in [1.82, 2.24) is 4.57 Å². The van der Waals surface area contributed by atoms with Crippen molar-refractivity contribution in [3.63, 3.8) is 0 Å². The molecular formula is C24H21FN2O6S. The van der Waals surface area contributed by atoms with Crippen molar-refractivity contribution in [2.24, 2.45) is 5.14 Å². The number of carbonyl (C=O) groups is 2. The Kier molecular flexibility index (Phi) is 5.88. The minimum atomic E-state index is -3.82. The number of hydrogen-bond donors (Lipinski definition) is 1. The summed E-state index contributed by atoms with van der Waals surface area (Å²) in [6.07, 6.45) is 0. The Labute approximate surface area is 194 Å². The summed E-state index contributed by atoms with van der Waals surface area (Å²) in [7, 11) is -3.82. The molecule has 0 saturated heterocycles. The molecule has 2 aromatic heterocycles. The Hall–Kier alpha value is -3.76. The quantitative estimate of drug-likeness (QED) is 0.326. The van der Waals surface area contributed by atoms with Gasteiger partial charge in [0, 0.05) is 33.6 Å². The lowest BCUT2D eigenvalue weighted by Gasteiger charge is -2.10. The van der Waals surface area contributed by atoms with Crippen LogP contribution in [0.5, 0.6) is 0 Å². The van der Waals surface area contributed by atoms with Crippen LogP contribution in [0.15, 0.2) is 57.8 Å². The minimum absolute atomic E-state index is 0.0253. The molecule has 0 saturated carbocycles. The highest BCUT2D eigenvalue weighted by Crippen LogP contribution is 2.28. The van der Waals surface area contributed by atoms with Crippen molar-refractivity contribution >= 4 is 32.7 Å². The average Bonchev–Trinajstić information content (AvgIpc) is 3.28. The third-order valence-electron chi connectivity index (χ3n) is 5.59. The number of rotatable bonds is 6. The van der Waals surface area contributed by atoms with Gasteiger partial charge in [-0.3, -0.25) is 4.79 Å². The number of fused-ring (bicyclic) bond motifs is 1. The van der Waals surface area contributed by atoms with Gasteiger partial charge in [-0.15, -0.1) is 0 Å². The van der Waals surface area contributed by atoms with Crippen LogP contribution in [-0.2, 0) is 14.8 Å². The predicted octanol–water partition coefficient (Wildman–Crippen LogP) is 3.97. The van der Waals surface area contributed by atoms with E-state index in [2.05, 4.69) is 0 Å². The Morgan fingerprint density at radius 1 is 1.09 bits per heavy atom. The van der Waals surface area contributed by atoms with Crippen molar-refractivity contribution in [3.05, 3.63) is 82.6 Å². The fraction of sp³-hybridized carbons (Fsp3) is 0.167. The first-order chi connectivity index (χ1) is 16.0. The highest BCUT2D eigenvalue weighted by Gasteiger charge is 2.23. The molecule has 0 aliphatic heterocycles. The van der Waals surface area contributed by atoms with Gasteiger partial charge in [-0.1, -0.05) is 12.1 Å². The zero-order valence-corrected chi connectivity index (χ0v) is 19.4. The second-order valence-electron chi connectivity index (χ2n) is 7.83. The van der Waals surface area contributed by atoms with Crippen LogP contribution >= 0.6 is 0 Å². The van der Waals surface area contributed by atoms with E-state index in [0.717, 1.165) is 5.69 Å². The number of ether oxygens (including phenoxy) is 1. The molecule has 0 amide bonds. The van der Waals surface area contributed by atoms with E-state index in [1.807, 2.05) is 0 Å². The second kappa shape index (κ2) is 8.54. The van der Waals surface area contributed by atoms with Crippen molar-refractivity contribution in [2.45, 2.75) is 25.7 Å². The molecule has 0 radical (unpaired) electrons. The summed E-state index contributed by atoms with van der Waals surface area (Å²) in [5.41, 5.74) is 2.66. The standard InChI is InChI=1S/C24H21FN2O6S/c1-13-11-19(15(3)27(13)16-7-9-17(10-8-16)34(26,30)31)21(28)12-32-24(29)22-14(2)18-5-4-6-20(25)23(18)33-22/h4-11H,12H2,1-3H3,(H2,26,30,31). The van der Waals surface area contributed by atoms with Gasteiger partial charge >= 0.3 is 5.97 Å². The molecule has 0 aliphatic rings. The van der Waals surface area contributed by atoms with Gasteiger partial charge in [0.2, 0.25) is 21.6 Å². The Morgan fingerprint density at radius 2 is 1.76 bits per heavy atom. The Bertz CT molecular complexity index is 1550. The molecule has 2 N–H and O–H groups in total. The van der Waals surface area contributed by atoms with Crippen molar-refractivity contribution < 1.29 is 31.6 Å². The normalized spacial score (nSPS) is 11.7. The molecule has 10 heteroatoms. The Balaban J connectivity index is 1.54. The van der Waals surface area contributed by atoms with E-state index in [1.54, 1.807) is 49.6 Å². The number of primary sulfonamides is 1. The fourth-order valence-corrected chi connectivity index (χ4v) is 4.42. The van der Waals surface area contributed by atoms with Crippen molar-refractivity contribution in [3.8, 4) is 5.69 Å². The molecule has 4 aromatic rings. The first-order valence-corrected chi connectivity index (χ1v) is 11.7. The van der Waals surface area contributed by atoms with Crippen molar-refractivity contribution in [2.75, 3.05) is 6.61 Å². The molecule has 0 atom stereocenters. The molecule has 2 heterocycles. The lowest BCUT2D eigenvalue weighted by atomic mass is 10.1. The largest absolute Gasteiger partial charge is 0.451 e. The summed E-state index contributed by atoms with van der Waals surface area (Å²) in [6, 6.07) is 11.9. The van der Waals surface area contributed by atoms with Gasteiger partial charge in [0.25, 0.3) is 0 Å². The number of hydrogen-bond acceptors (Lipinski definition) is 6. The smallest absolute Gasteiger partial charge is 0.375 e. The van der Waals surface area contributed by atoms with Crippen LogP contribution in [0.3, 0.4) is 0 Å². The van der Waals surface area contributed by atoms with Crippen LogP contribution in [0.2, 0.25) is 0 Å². The zero-order chi connectivity index (χ0) is 24.8. The molecule has 0 aliphatic carbocycles. The minimum Gasteiger partial charge on any atom is -0.451 e. The summed E-state index contributed by atoms with van der Waals surface area (Å²) < 4.78 is 49.2. The van der Waals surface area contributed by atoms with Gasteiger partial charge in [-0.05, 0) is 57.2 Å². The number of nitrogens with two attached hydrogens (primary N) is 1. The van der Waals surface area contributed by atoms with Crippen molar-refractivity contribution in [1.29, 1.82) is 0 Å². The highest BCUT2D eigenvalue weighted by atomic mass is 32.2. The number of nitrogens with zero attached hydrogens (tertiary/aromatic N) is 1. The number of para-hydroxylation sites is 1. The Morgan fingerprint density at radius 3 is 2.38 bits per heavy atom. The monoisotopic (exact) mass is 484 g/mol. The number of aryl methyl sites for hydroxylation is 2. The van der Waals surface area contributed by atoms with E-state index in [0.29, 0.717) is 27.9 Å². The van der Waals surface area contributed by atoms with Crippen LogP contribution < -0.4 is 5.14 Å². The molecule has 0 spiro atoms. The lowest BCUT2D eigenvalue weighted by Crippen LogP contribution is -2.15. The van der Waals surface area contributed by atoms with Crippen LogP contribution in [0.4, 0.5) is 4.39 Å². The first kappa shape index (κ1) is 23.4. The molecule has 0 bridgehead atoms. The number of benzene rings is 2. The van der Waals surface area contributed by atoms with E-state index in [1.165, 1.54) is 24.3 Å². The molecule has 0 unspecified atom stereocenters. The molecule has 176 valence electrons. The predicted molar refractivity (Wildman–Crippen MR) is 122 cm³/mol. The van der Waals surface area contributed by atoms with E-state index < -0.39 is 34.2 Å². The molecule has 8 nitrogen and oxygen atoms in total. The van der Waals surface area contributed by atoms with E-state index in [9.17, 15) is 22.4 Å².